The summed E-state index contributed by atoms with van der Waals surface area (Å²) in [6.45, 7) is 0. The van der Waals surface area contributed by atoms with Gasteiger partial charge in [0.05, 0.1) is 17.5 Å². The number of rotatable bonds is 4. The van der Waals surface area contributed by atoms with Gasteiger partial charge in [0.1, 0.15) is 29.1 Å². The van der Waals surface area contributed by atoms with Crippen molar-refractivity contribution < 1.29 is 39.1 Å². The van der Waals surface area contributed by atoms with Crippen LogP contribution >= 0.6 is 0 Å². The van der Waals surface area contributed by atoms with E-state index in [9.17, 15) is 35.1 Å². The first-order valence-electron chi connectivity index (χ1n) is 10.6. The lowest BCUT2D eigenvalue weighted by molar-refractivity contribution is 0.208. The Morgan fingerprint density at radius 3 is 2.14 bits per heavy atom. The second-order valence-electron chi connectivity index (χ2n) is 8.10. The lowest BCUT2D eigenvalue weighted by Gasteiger charge is -2.18. The van der Waals surface area contributed by atoms with Crippen molar-refractivity contribution in [2.24, 2.45) is 0 Å². The number of phenolic OH excluding ortho intramolecular Hbond substituents is 4. The summed E-state index contributed by atoms with van der Waals surface area (Å²) in [6, 6.07) is 11.6. The van der Waals surface area contributed by atoms with Gasteiger partial charge in [-0.1, -0.05) is 18.2 Å². The molecule has 1 aliphatic heterocycles. The molecule has 0 spiro atoms. The quantitative estimate of drug-likeness (QED) is 0.266. The van der Waals surface area contributed by atoms with Crippen LogP contribution in [-0.2, 0) is 0 Å². The highest BCUT2D eigenvalue weighted by molar-refractivity contribution is 5.69. The second-order valence-corrected chi connectivity index (χ2v) is 8.10. The van der Waals surface area contributed by atoms with Crippen LogP contribution in [0.15, 0.2) is 73.0 Å². The van der Waals surface area contributed by atoms with Gasteiger partial charge in [0, 0.05) is 12.1 Å². The minimum Gasteiger partial charge on any atom is -0.508 e. The highest BCUT2D eigenvalue weighted by Crippen LogP contribution is 2.49. The number of benzene rings is 2. The first-order chi connectivity index (χ1) is 17.2. The van der Waals surface area contributed by atoms with Crippen LogP contribution in [-0.4, -0.2) is 25.5 Å². The Morgan fingerprint density at radius 1 is 0.722 bits per heavy atom. The molecule has 2 aromatic carbocycles. The first kappa shape index (κ1) is 22.7. The molecule has 2 atom stereocenters. The zero-order valence-electron chi connectivity index (χ0n) is 18.3. The van der Waals surface area contributed by atoms with Crippen LogP contribution < -0.4 is 16.0 Å². The molecule has 0 saturated heterocycles. The molecule has 0 radical (unpaired) electrons. The number of phenols is 4. The molecular weight excluding hydrogens is 472 g/mol. The predicted octanol–water partition coefficient (Wildman–Crippen LogP) is 3.56. The Hall–Kier alpha value is -5.12. The monoisotopic (exact) mass is 490 g/mol. The molecule has 4 aromatic rings. The van der Waals surface area contributed by atoms with E-state index < -0.39 is 29.0 Å². The number of hydrogen-bond donors (Lipinski definition) is 5. The molecule has 0 aliphatic carbocycles. The van der Waals surface area contributed by atoms with Gasteiger partial charge in [-0.3, -0.25) is 0 Å². The van der Waals surface area contributed by atoms with Gasteiger partial charge in [0.15, 0.2) is 23.0 Å². The molecule has 10 nitrogen and oxygen atoms in total. The molecule has 5 N–H and O–H groups in total. The Morgan fingerprint density at radius 2 is 1.44 bits per heavy atom. The fourth-order valence-electron chi connectivity index (χ4n) is 4.04. The van der Waals surface area contributed by atoms with E-state index in [2.05, 4.69) is 0 Å². The molecule has 0 fully saturated rings. The molecule has 0 unspecified atom stereocenters. The van der Waals surface area contributed by atoms with Gasteiger partial charge in [-0.05, 0) is 41.5 Å². The van der Waals surface area contributed by atoms with E-state index in [4.69, 9.17) is 13.6 Å². The molecule has 0 saturated carbocycles. The summed E-state index contributed by atoms with van der Waals surface area (Å²) in [4.78, 5) is 25.0. The van der Waals surface area contributed by atoms with E-state index in [-0.39, 0.29) is 45.8 Å². The number of aromatic hydroxyl groups is 5. The van der Waals surface area contributed by atoms with Gasteiger partial charge in [0.2, 0.25) is 0 Å². The Balaban J connectivity index is 1.61. The summed E-state index contributed by atoms with van der Waals surface area (Å²) < 4.78 is 16.7. The van der Waals surface area contributed by atoms with Gasteiger partial charge >= 0.3 is 11.3 Å². The molecule has 1 aliphatic rings. The summed E-state index contributed by atoms with van der Waals surface area (Å²) in [5, 5.41) is 48.8. The van der Waals surface area contributed by atoms with Crippen molar-refractivity contribution in [2.75, 3.05) is 0 Å². The largest absolute Gasteiger partial charge is 0.508 e. The van der Waals surface area contributed by atoms with E-state index in [0.29, 0.717) is 11.1 Å². The molecule has 0 amide bonds. The Kier molecular flexibility index (Phi) is 5.40. The number of hydrogen-bond acceptors (Lipinski definition) is 10. The summed E-state index contributed by atoms with van der Waals surface area (Å²) >= 11 is 0. The van der Waals surface area contributed by atoms with E-state index in [1.54, 1.807) is 12.1 Å². The predicted molar refractivity (Wildman–Crippen MR) is 125 cm³/mol. The maximum atomic E-state index is 13.1. The van der Waals surface area contributed by atoms with Crippen LogP contribution in [0.3, 0.4) is 0 Å². The van der Waals surface area contributed by atoms with E-state index >= 15 is 0 Å². The van der Waals surface area contributed by atoms with Gasteiger partial charge in [0.25, 0.3) is 0 Å². The van der Waals surface area contributed by atoms with Gasteiger partial charge in [-0.2, -0.15) is 0 Å². The van der Waals surface area contributed by atoms with Crippen LogP contribution in [0, 0.1) is 0 Å². The number of fused-ring (bicyclic) bond motifs is 1. The highest BCUT2D eigenvalue weighted by atomic mass is 16.5. The van der Waals surface area contributed by atoms with Gasteiger partial charge < -0.3 is 39.1 Å². The Labute approximate surface area is 201 Å². The topological polar surface area (TPSA) is 171 Å². The molecule has 3 heterocycles. The van der Waals surface area contributed by atoms with Crippen molar-refractivity contribution >= 4 is 12.2 Å². The van der Waals surface area contributed by atoms with Crippen LogP contribution in [0.4, 0.5) is 0 Å². The maximum absolute atomic E-state index is 13.1. The summed E-state index contributed by atoms with van der Waals surface area (Å²) in [5.41, 5.74) is -0.727. The maximum Gasteiger partial charge on any atom is 0.344 e. The third kappa shape index (κ3) is 4.11. The molecule has 2 aromatic heterocycles. The third-order valence-corrected chi connectivity index (χ3v) is 5.69. The number of ether oxygens (including phenoxy) is 1. The summed E-state index contributed by atoms with van der Waals surface area (Å²) in [7, 11) is 0. The van der Waals surface area contributed by atoms with Crippen LogP contribution in [0.2, 0.25) is 0 Å². The molecule has 10 heteroatoms. The minimum absolute atomic E-state index is 0.0285. The fourth-order valence-corrected chi connectivity index (χ4v) is 4.04. The van der Waals surface area contributed by atoms with Crippen molar-refractivity contribution in [2.45, 2.75) is 12.0 Å². The molecule has 0 bridgehead atoms. The lowest BCUT2D eigenvalue weighted by Crippen LogP contribution is -2.17. The average molecular weight is 490 g/mol. The van der Waals surface area contributed by atoms with Crippen LogP contribution in [0.5, 0.6) is 34.5 Å². The summed E-state index contributed by atoms with van der Waals surface area (Å²) in [5.74, 6) is -2.60. The minimum atomic E-state index is -1.02. The Bertz CT molecular complexity index is 1630. The van der Waals surface area contributed by atoms with Crippen LogP contribution in [0.25, 0.3) is 12.2 Å². The van der Waals surface area contributed by atoms with Crippen molar-refractivity contribution in [3.05, 3.63) is 104 Å². The van der Waals surface area contributed by atoms with Crippen molar-refractivity contribution in [3.63, 3.8) is 0 Å². The van der Waals surface area contributed by atoms with Crippen LogP contribution in [0.1, 0.15) is 40.2 Å². The summed E-state index contributed by atoms with van der Waals surface area (Å²) in [6.07, 6.45) is 2.02. The third-order valence-electron chi connectivity index (χ3n) is 5.69. The molecule has 182 valence electrons. The normalized spacial score (nSPS) is 16.7. The van der Waals surface area contributed by atoms with Crippen molar-refractivity contribution in [1.29, 1.82) is 0 Å². The van der Waals surface area contributed by atoms with Crippen molar-refractivity contribution in [3.8, 4) is 34.5 Å². The average Bonchev–Trinajstić information content (AvgIpc) is 3.21. The van der Waals surface area contributed by atoms with Crippen molar-refractivity contribution in [1.82, 2.24) is 0 Å². The lowest BCUT2D eigenvalue weighted by atomic mass is 9.89. The van der Waals surface area contributed by atoms with Gasteiger partial charge in [-0.25, -0.2) is 9.59 Å². The zero-order valence-corrected chi connectivity index (χ0v) is 18.3. The molecule has 36 heavy (non-hydrogen) atoms. The smallest absolute Gasteiger partial charge is 0.344 e. The first-order valence-corrected chi connectivity index (χ1v) is 10.6. The zero-order chi connectivity index (χ0) is 25.6. The van der Waals surface area contributed by atoms with E-state index in [1.165, 1.54) is 48.5 Å². The van der Waals surface area contributed by atoms with Gasteiger partial charge in [-0.15, -0.1) is 0 Å². The van der Waals surface area contributed by atoms with E-state index in [0.717, 1.165) is 6.07 Å². The standard InChI is InChI=1S/C26H18O10/c27-14-9-20(35-22(32)10-14)23-24-21(36-25(23)13-3-6-17(29)19(31)8-13)11-15(34-26(24)33)4-1-12-2-5-16(28)18(30)7-12/h1-11,23,25,27-31H/t23-,25+/m1/s1. The van der Waals surface area contributed by atoms with E-state index in [1.807, 2.05) is 0 Å². The fraction of sp³-hybridized carbons (Fsp3) is 0.0769. The highest BCUT2D eigenvalue weighted by Gasteiger charge is 2.42. The second kappa shape index (κ2) is 8.58. The SMILES string of the molecule is O=c1cc(O)cc([C@@H]2c3c(cc(C=Cc4ccc(O)c(O)c4)oc3=O)O[C@H]2c2ccc(O)c(O)c2)o1. The molecular formula is C26H18O10. The molecule has 5 rings (SSSR count).